The third-order valence-electron chi connectivity index (χ3n) is 5.09. The second-order valence-corrected chi connectivity index (χ2v) is 7.22. The molecule has 0 radical (unpaired) electrons. The van der Waals surface area contributed by atoms with Gasteiger partial charge in [-0.3, -0.25) is 0 Å². The van der Waals surface area contributed by atoms with Gasteiger partial charge in [0.25, 0.3) is 0 Å². The maximum atomic E-state index is 10.5. The summed E-state index contributed by atoms with van der Waals surface area (Å²) in [5.74, 6) is 0. The normalized spacial score (nSPS) is 43.4. The molecule has 172 valence electrons. The third-order valence-corrected chi connectivity index (χ3v) is 5.09. The summed E-state index contributed by atoms with van der Waals surface area (Å²) in [6.45, 7) is -0.452. The summed E-state index contributed by atoms with van der Waals surface area (Å²) in [6.07, 6.45) is -12.2. The van der Waals surface area contributed by atoms with Gasteiger partial charge in [0.1, 0.15) is 48.8 Å². The molecule has 29 heavy (non-hydrogen) atoms. The highest BCUT2D eigenvalue weighted by Crippen LogP contribution is 2.29. The number of aliphatic hydroxyl groups is 7. The largest absolute Gasteiger partial charge is 0.394 e. The fraction of sp³-hybridized carbons (Fsp3) is 1.00. The Morgan fingerprint density at radius 1 is 0.690 bits per heavy atom. The van der Waals surface area contributed by atoms with Crippen molar-refractivity contribution in [2.24, 2.45) is 5.73 Å². The van der Waals surface area contributed by atoms with Gasteiger partial charge in [-0.2, -0.15) is 0 Å². The number of nitrogens with two attached hydrogens (primary N) is 1. The van der Waals surface area contributed by atoms with Crippen molar-refractivity contribution in [2.45, 2.75) is 80.7 Å². The van der Waals surface area contributed by atoms with Crippen LogP contribution in [-0.2, 0) is 18.9 Å². The molecule has 2 heterocycles. The van der Waals surface area contributed by atoms with Gasteiger partial charge in [0.15, 0.2) is 12.6 Å². The zero-order valence-corrected chi connectivity index (χ0v) is 16.1. The number of hydrogen-bond acceptors (Lipinski definition) is 12. The first-order valence-corrected chi connectivity index (χ1v) is 9.75. The van der Waals surface area contributed by atoms with Gasteiger partial charge >= 0.3 is 0 Å². The lowest BCUT2D eigenvalue weighted by Crippen LogP contribution is -2.64. The molecule has 0 amide bonds. The molecule has 0 unspecified atom stereocenters. The zero-order valence-electron chi connectivity index (χ0n) is 16.1. The van der Waals surface area contributed by atoms with E-state index in [4.69, 9.17) is 24.7 Å². The topological polar surface area (TPSA) is 205 Å². The van der Waals surface area contributed by atoms with E-state index in [1.165, 1.54) is 0 Å². The lowest BCUT2D eigenvalue weighted by molar-refractivity contribution is -0.360. The van der Waals surface area contributed by atoms with E-state index in [0.29, 0.717) is 13.0 Å². The second-order valence-electron chi connectivity index (χ2n) is 7.22. The average Bonchev–Trinajstić information content (AvgIpc) is 2.72. The van der Waals surface area contributed by atoms with E-state index in [1.54, 1.807) is 0 Å². The molecule has 12 nitrogen and oxygen atoms in total. The Morgan fingerprint density at radius 3 is 1.93 bits per heavy atom. The summed E-state index contributed by atoms with van der Waals surface area (Å²) in [5.41, 5.74) is 5.42. The molecule has 0 aromatic heterocycles. The summed E-state index contributed by atoms with van der Waals surface area (Å²) >= 11 is 0. The van der Waals surface area contributed by atoms with Crippen LogP contribution in [0.4, 0.5) is 0 Å². The number of hydrogen-bond donors (Lipinski definition) is 8. The Bertz CT molecular complexity index is 471. The van der Waals surface area contributed by atoms with Crippen LogP contribution in [0.5, 0.6) is 0 Å². The molecule has 2 saturated heterocycles. The molecule has 2 fully saturated rings. The molecular weight excluding hydrogens is 394 g/mol. The fourth-order valence-corrected chi connectivity index (χ4v) is 3.31. The third kappa shape index (κ3) is 6.03. The highest BCUT2D eigenvalue weighted by molar-refractivity contribution is 4.94. The first kappa shape index (κ1) is 24.8. The van der Waals surface area contributed by atoms with Crippen LogP contribution in [0, 0.1) is 0 Å². The van der Waals surface area contributed by atoms with Crippen molar-refractivity contribution >= 4 is 0 Å². The van der Waals surface area contributed by atoms with E-state index >= 15 is 0 Å². The summed E-state index contributed by atoms with van der Waals surface area (Å²) in [5, 5.41) is 69.5. The minimum Gasteiger partial charge on any atom is -0.394 e. The van der Waals surface area contributed by atoms with Crippen LogP contribution < -0.4 is 5.73 Å². The van der Waals surface area contributed by atoms with Crippen LogP contribution in [-0.4, -0.2) is 124 Å². The molecule has 2 rings (SSSR count). The Balaban J connectivity index is 2.03. The minimum absolute atomic E-state index is 0.239. The summed E-state index contributed by atoms with van der Waals surface area (Å²) in [7, 11) is 0. The van der Waals surface area contributed by atoms with Crippen molar-refractivity contribution in [3.05, 3.63) is 0 Å². The van der Waals surface area contributed by atoms with Crippen LogP contribution in [0.15, 0.2) is 0 Å². The van der Waals surface area contributed by atoms with E-state index in [9.17, 15) is 35.7 Å². The van der Waals surface area contributed by atoms with Gasteiger partial charge in [-0.25, -0.2) is 0 Å². The number of ether oxygens (including phenoxy) is 4. The van der Waals surface area contributed by atoms with Crippen molar-refractivity contribution in [1.82, 2.24) is 0 Å². The first-order valence-electron chi connectivity index (χ1n) is 9.75. The van der Waals surface area contributed by atoms with Crippen LogP contribution in [0.3, 0.4) is 0 Å². The smallest absolute Gasteiger partial charge is 0.187 e. The Kier molecular flexibility index (Phi) is 10.1. The van der Waals surface area contributed by atoms with Gasteiger partial charge in [0, 0.05) is 6.61 Å². The Labute approximate surface area is 168 Å². The quantitative estimate of drug-likeness (QED) is 0.156. The van der Waals surface area contributed by atoms with Crippen molar-refractivity contribution < 1.29 is 54.7 Å². The molecule has 0 aliphatic carbocycles. The van der Waals surface area contributed by atoms with E-state index in [0.717, 1.165) is 12.8 Å². The van der Waals surface area contributed by atoms with Crippen molar-refractivity contribution in [3.63, 3.8) is 0 Å². The molecule has 2 aliphatic heterocycles. The predicted octanol–water partition coefficient (Wildman–Crippen LogP) is -4.24. The Morgan fingerprint density at radius 2 is 1.31 bits per heavy atom. The predicted molar refractivity (Wildman–Crippen MR) is 95.3 cm³/mol. The molecule has 0 saturated carbocycles. The summed E-state index contributed by atoms with van der Waals surface area (Å²) < 4.78 is 21.6. The molecule has 9 N–H and O–H groups in total. The average molecular weight is 427 g/mol. The monoisotopic (exact) mass is 427 g/mol. The van der Waals surface area contributed by atoms with E-state index < -0.39 is 74.6 Å². The molecule has 0 aromatic carbocycles. The molecular formula is C17H33NO11. The molecule has 12 heteroatoms. The van der Waals surface area contributed by atoms with Crippen LogP contribution in [0.1, 0.15) is 19.3 Å². The lowest BCUT2D eigenvalue weighted by Gasteiger charge is -2.45. The summed E-state index contributed by atoms with van der Waals surface area (Å²) in [4.78, 5) is 0. The van der Waals surface area contributed by atoms with E-state index in [-0.39, 0.29) is 6.61 Å². The van der Waals surface area contributed by atoms with Crippen LogP contribution in [0.2, 0.25) is 0 Å². The molecule has 10 atom stereocenters. The van der Waals surface area contributed by atoms with Gasteiger partial charge in [-0.05, 0) is 25.8 Å². The van der Waals surface area contributed by atoms with Gasteiger partial charge in [0.05, 0.1) is 13.2 Å². The molecule has 0 bridgehead atoms. The summed E-state index contributed by atoms with van der Waals surface area (Å²) in [6, 6.07) is 0. The van der Waals surface area contributed by atoms with Gasteiger partial charge in [0.2, 0.25) is 0 Å². The van der Waals surface area contributed by atoms with Gasteiger partial charge < -0.3 is 60.4 Å². The SMILES string of the molecule is NCCCCCO[C@H]1O[C@H](CO)[C@@H](O)[C@H](O[C@H]2O[C@H](CO)[C@@H](O)[C@H](O)[C@H]2O)[C@H]1O. The van der Waals surface area contributed by atoms with Crippen LogP contribution >= 0.6 is 0 Å². The highest BCUT2D eigenvalue weighted by atomic mass is 16.7. The van der Waals surface area contributed by atoms with E-state index in [2.05, 4.69) is 0 Å². The van der Waals surface area contributed by atoms with Gasteiger partial charge in [-0.1, -0.05) is 0 Å². The highest BCUT2D eigenvalue weighted by Gasteiger charge is 2.50. The maximum Gasteiger partial charge on any atom is 0.187 e. The minimum atomic E-state index is -1.71. The number of aliphatic hydroxyl groups excluding tert-OH is 7. The zero-order chi connectivity index (χ0) is 21.6. The lowest BCUT2D eigenvalue weighted by atomic mass is 9.97. The van der Waals surface area contributed by atoms with Crippen molar-refractivity contribution in [2.75, 3.05) is 26.4 Å². The standard InChI is InChI=1S/C17H33NO11/c18-4-2-1-3-5-26-16-14(25)15(11(22)9(7-20)27-16)29-17-13(24)12(23)10(21)8(6-19)28-17/h8-17,19-25H,1-7,18H2/t8-,9-,10-,11-,12+,13-,14-,15+,16+,17-/m1/s1. The van der Waals surface area contributed by atoms with Crippen molar-refractivity contribution in [3.8, 4) is 0 Å². The Hall–Kier alpha value is -0.480. The first-order chi connectivity index (χ1) is 13.8. The fourth-order valence-electron chi connectivity index (χ4n) is 3.31. The number of unbranched alkanes of at least 4 members (excludes halogenated alkanes) is 2. The second kappa shape index (κ2) is 11.8. The van der Waals surface area contributed by atoms with E-state index in [1.807, 2.05) is 0 Å². The van der Waals surface area contributed by atoms with Crippen LogP contribution in [0.25, 0.3) is 0 Å². The maximum absolute atomic E-state index is 10.5. The molecule has 2 aliphatic rings. The number of rotatable bonds is 10. The van der Waals surface area contributed by atoms with Gasteiger partial charge in [-0.15, -0.1) is 0 Å². The van der Waals surface area contributed by atoms with Crippen molar-refractivity contribution in [1.29, 1.82) is 0 Å². The molecule has 0 spiro atoms. The molecule has 0 aromatic rings.